The molecule has 0 radical (unpaired) electrons. The van der Waals surface area contributed by atoms with Crippen LogP contribution in [0.25, 0.3) is 0 Å². The molecule has 0 N–H and O–H groups in total. The molecule has 1 unspecified atom stereocenters. The average Bonchev–Trinajstić information content (AvgIpc) is 3.22. The molecular weight excluding hydrogens is 296 g/mol. The van der Waals surface area contributed by atoms with Gasteiger partial charge in [-0.15, -0.1) is 0 Å². The van der Waals surface area contributed by atoms with Crippen LogP contribution in [0.3, 0.4) is 0 Å². The van der Waals surface area contributed by atoms with Crippen molar-refractivity contribution in [2.24, 2.45) is 0 Å². The summed E-state index contributed by atoms with van der Waals surface area (Å²) in [6.45, 7) is 7.52. The summed E-state index contributed by atoms with van der Waals surface area (Å²) in [6.07, 6.45) is 7.04. The first-order valence-electron chi connectivity index (χ1n) is 8.70. The predicted molar refractivity (Wildman–Crippen MR) is 95.9 cm³/mol. The molecule has 0 saturated heterocycles. The van der Waals surface area contributed by atoms with Crippen molar-refractivity contribution in [1.82, 2.24) is 9.47 Å². The van der Waals surface area contributed by atoms with Gasteiger partial charge >= 0.3 is 0 Å². The van der Waals surface area contributed by atoms with Crippen LogP contribution in [-0.4, -0.2) is 16.0 Å². The van der Waals surface area contributed by atoms with Crippen molar-refractivity contribution in [2.75, 3.05) is 6.54 Å². The van der Waals surface area contributed by atoms with Crippen molar-refractivity contribution in [3.63, 3.8) is 0 Å². The Morgan fingerprint density at radius 2 is 2.04 bits per heavy atom. The zero-order valence-corrected chi connectivity index (χ0v) is 14.4. The van der Waals surface area contributed by atoms with E-state index in [1.165, 1.54) is 34.4 Å². The summed E-state index contributed by atoms with van der Waals surface area (Å²) in [4.78, 5) is 2.59. The van der Waals surface area contributed by atoms with Crippen LogP contribution in [-0.2, 0) is 13.1 Å². The zero-order valence-electron chi connectivity index (χ0n) is 14.4. The first kappa shape index (κ1) is 15.3. The maximum Gasteiger partial charge on any atom is 0.0954 e. The van der Waals surface area contributed by atoms with E-state index in [-0.39, 0.29) is 6.04 Å². The van der Waals surface area contributed by atoms with E-state index in [9.17, 15) is 0 Å². The Labute approximate surface area is 143 Å². The number of fused-ring (bicyclic) bond motifs is 1. The van der Waals surface area contributed by atoms with Crippen LogP contribution in [0.5, 0.6) is 0 Å². The SMILES string of the molecule is Cc1ccc(C)c(CN2CCCn3cccc3C2c2ccoc2)c1. The number of rotatable bonds is 3. The molecular formula is C21H24N2O. The van der Waals surface area contributed by atoms with Crippen LogP contribution in [0.1, 0.15) is 40.4 Å². The predicted octanol–water partition coefficient (Wildman–Crippen LogP) is 4.69. The number of aryl methyl sites for hydroxylation is 3. The number of furan rings is 1. The summed E-state index contributed by atoms with van der Waals surface area (Å²) >= 11 is 0. The normalized spacial score (nSPS) is 18.3. The van der Waals surface area contributed by atoms with Gasteiger partial charge in [0.25, 0.3) is 0 Å². The van der Waals surface area contributed by atoms with E-state index < -0.39 is 0 Å². The summed E-state index contributed by atoms with van der Waals surface area (Å²) in [5.74, 6) is 0. The third-order valence-electron chi connectivity index (χ3n) is 5.09. The van der Waals surface area contributed by atoms with Gasteiger partial charge in [0.15, 0.2) is 0 Å². The van der Waals surface area contributed by atoms with E-state index in [1.54, 1.807) is 6.26 Å². The van der Waals surface area contributed by atoms with Gasteiger partial charge in [-0.3, -0.25) is 4.90 Å². The minimum absolute atomic E-state index is 0.251. The van der Waals surface area contributed by atoms with Crippen molar-refractivity contribution in [3.05, 3.63) is 83.1 Å². The van der Waals surface area contributed by atoms with Gasteiger partial charge in [0, 0.05) is 37.1 Å². The van der Waals surface area contributed by atoms with E-state index in [1.807, 2.05) is 6.26 Å². The first-order chi connectivity index (χ1) is 11.7. The molecule has 0 fully saturated rings. The van der Waals surface area contributed by atoms with Crippen molar-refractivity contribution >= 4 is 0 Å². The van der Waals surface area contributed by atoms with Crippen molar-refractivity contribution in [2.45, 2.75) is 39.4 Å². The summed E-state index contributed by atoms with van der Waals surface area (Å²) in [6, 6.07) is 13.5. The Hall–Kier alpha value is -2.26. The molecule has 1 atom stereocenters. The van der Waals surface area contributed by atoms with Crippen molar-refractivity contribution < 1.29 is 4.42 Å². The smallest absolute Gasteiger partial charge is 0.0954 e. The van der Waals surface area contributed by atoms with E-state index in [0.717, 1.165) is 19.6 Å². The fourth-order valence-electron chi connectivity index (χ4n) is 3.81. The summed E-state index contributed by atoms with van der Waals surface area (Å²) in [5, 5.41) is 0. The minimum Gasteiger partial charge on any atom is -0.472 e. The van der Waals surface area contributed by atoms with Crippen LogP contribution in [0, 0.1) is 13.8 Å². The topological polar surface area (TPSA) is 21.3 Å². The lowest BCUT2D eigenvalue weighted by molar-refractivity contribution is 0.219. The van der Waals surface area contributed by atoms with Gasteiger partial charge in [0.1, 0.15) is 0 Å². The highest BCUT2D eigenvalue weighted by Gasteiger charge is 2.28. The average molecular weight is 320 g/mol. The molecule has 3 aromatic rings. The Morgan fingerprint density at radius 3 is 2.88 bits per heavy atom. The summed E-state index contributed by atoms with van der Waals surface area (Å²) in [5.41, 5.74) is 6.71. The molecule has 3 nitrogen and oxygen atoms in total. The molecule has 1 aromatic carbocycles. The molecule has 2 aromatic heterocycles. The van der Waals surface area contributed by atoms with Crippen molar-refractivity contribution in [3.8, 4) is 0 Å². The van der Waals surface area contributed by atoms with Gasteiger partial charge < -0.3 is 8.98 Å². The zero-order chi connectivity index (χ0) is 16.5. The molecule has 0 saturated carbocycles. The largest absolute Gasteiger partial charge is 0.472 e. The maximum atomic E-state index is 5.41. The van der Waals surface area contributed by atoms with E-state index in [2.05, 4.69) is 65.9 Å². The highest BCUT2D eigenvalue weighted by atomic mass is 16.3. The van der Waals surface area contributed by atoms with Gasteiger partial charge in [-0.2, -0.15) is 0 Å². The number of hydrogen-bond acceptors (Lipinski definition) is 2. The van der Waals surface area contributed by atoms with Gasteiger partial charge in [-0.1, -0.05) is 23.8 Å². The number of nitrogens with zero attached hydrogens (tertiary/aromatic N) is 2. The molecule has 0 spiro atoms. The molecule has 3 heteroatoms. The summed E-state index contributed by atoms with van der Waals surface area (Å²) in [7, 11) is 0. The maximum absolute atomic E-state index is 5.41. The molecule has 0 bridgehead atoms. The fraction of sp³-hybridized carbons (Fsp3) is 0.333. The lowest BCUT2D eigenvalue weighted by Gasteiger charge is -2.30. The second-order valence-electron chi connectivity index (χ2n) is 6.84. The molecule has 0 aliphatic carbocycles. The fourth-order valence-corrected chi connectivity index (χ4v) is 3.81. The van der Waals surface area contributed by atoms with Crippen LogP contribution in [0.15, 0.2) is 59.5 Å². The van der Waals surface area contributed by atoms with E-state index in [0.29, 0.717) is 0 Å². The van der Waals surface area contributed by atoms with Gasteiger partial charge in [-0.25, -0.2) is 0 Å². The number of benzene rings is 1. The van der Waals surface area contributed by atoms with Crippen LogP contribution in [0.4, 0.5) is 0 Å². The Kier molecular flexibility index (Phi) is 4.03. The molecule has 24 heavy (non-hydrogen) atoms. The van der Waals surface area contributed by atoms with E-state index in [4.69, 9.17) is 4.42 Å². The lowest BCUT2D eigenvalue weighted by Crippen LogP contribution is -2.29. The number of hydrogen-bond donors (Lipinski definition) is 0. The Morgan fingerprint density at radius 1 is 1.12 bits per heavy atom. The standard InChI is InChI=1S/C21H24N2O/c1-16-6-7-17(2)19(13-16)14-23-11-4-10-22-9-3-5-20(22)21(23)18-8-12-24-15-18/h3,5-9,12-13,15,21H,4,10-11,14H2,1-2H3. The van der Waals surface area contributed by atoms with Crippen LogP contribution in [0.2, 0.25) is 0 Å². The van der Waals surface area contributed by atoms with E-state index >= 15 is 0 Å². The molecule has 1 aliphatic heterocycles. The monoisotopic (exact) mass is 320 g/mol. The van der Waals surface area contributed by atoms with Crippen LogP contribution < -0.4 is 0 Å². The number of aromatic nitrogens is 1. The third kappa shape index (κ3) is 2.80. The van der Waals surface area contributed by atoms with Crippen molar-refractivity contribution in [1.29, 1.82) is 0 Å². The van der Waals surface area contributed by atoms with Gasteiger partial charge in [0.2, 0.25) is 0 Å². The third-order valence-corrected chi connectivity index (χ3v) is 5.09. The van der Waals surface area contributed by atoms with Crippen LogP contribution >= 0.6 is 0 Å². The minimum atomic E-state index is 0.251. The first-order valence-corrected chi connectivity index (χ1v) is 8.70. The molecule has 3 heterocycles. The molecule has 1 aliphatic rings. The quantitative estimate of drug-likeness (QED) is 0.698. The van der Waals surface area contributed by atoms with Gasteiger partial charge in [0.05, 0.1) is 18.6 Å². The lowest BCUT2D eigenvalue weighted by atomic mass is 10.0. The van der Waals surface area contributed by atoms with Gasteiger partial charge in [-0.05, 0) is 49.6 Å². The molecule has 0 amide bonds. The second kappa shape index (κ2) is 6.33. The Bertz CT molecular complexity index is 816. The highest BCUT2D eigenvalue weighted by Crippen LogP contribution is 2.33. The summed E-state index contributed by atoms with van der Waals surface area (Å²) < 4.78 is 7.80. The molecule has 4 rings (SSSR count). The second-order valence-corrected chi connectivity index (χ2v) is 6.84. The highest BCUT2D eigenvalue weighted by molar-refractivity contribution is 5.32. The Balaban J connectivity index is 1.74. The molecule has 124 valence electrons.